The molecular formula is C18H15NS. The highest BCUT2D eigenvalue weighted by Gasteiger charge is 2.06. The number of thioether (sulfide) groups is 1. The van der Waals surface area contributed by atoms with Gasteiger partial charge in [-0.15, -0.1) is 11.8 Å². The van der Waals surface area contributed by atoms with Crippen molar-refractivity contribution in [1.29, 1.82) is 0 Å². The summed E-state index contributed by atoms with van der Waals surface area (Å²) in [5.74, 6) is 0.965. The third kappa shape index (κ3) is 3.09. The monoisotopic (exact) mass is 277 g/mol. The van der Waals surface area contributed by atoms with E-state index in [1.807, 2.05) is 36.2 Å². The Morgan fingerprint density at radius 2 is 1.45 bits per heavy atom. The van der Waals surface area contributed by atoms with Gasteiger partial charge in [0.25, 0.3) is 0 Å². The van der Waals surface area contributed by atoms with E-state index in [4.69, 9.17) is 0 Å². The molecule has 1 nitrogen and oxygen atoms in total. The lowest BCUT2D eigenvalue weighted by atomic mass is 10.1. The first-order chi connectivity index (χ1) is 9.93. The van der Waals surface area contributed by atoms with Crippen LogP contribution in [0.2, 0.25) is 0 Å². The fourth-order valence-electron chi connectivity index (χ4n) is 2.06. The first kappa shape index (κ1) is 12.9. The molecule has 3 aromatic rings. The minimum absolute atomic E-state index is 0.965. The van der Waals surface area contributed by atoms with Crippen LogP contribution in [0.15, 0.2) is 83.9 Å². The van der Waals surface area contributed by atoms with Gasteiger partial charge in [-0.1, -0.05) is 60.7 Å². The Balaban J connectivity index is 1.84. The molecule has 0 aliphatic carbocycles. The molecule has 20 heavy (non-hydrogen) atoms. The highest BCUT2D eigenvalue weighted by Crippen LogP contribution is 2.31. The second-order valence-corrected chi connectivity index (χ2v) is 5.51. The van der Waals surface area contributed by atoms with Gasteiger partial charge in [-0.25, -0.2) is 0 Å². The van der Waals surface area contributed by atoms with Crippen molar-refractivity contribution in [2.75, 3.05) is 0 Å². The molecule has 0 radical (unpaired) electrons. The van der Waals surface area contributed by atoms with Crippen LogP contribution in [0, 0.1) is 0 Å². The van der Waals surface area contributed by atoms with Crippen molar-refractivity contribution in [3.8, 4) is 11.3 Å². The molecule has 0 aliphatic rings. The molecule has 0 saturated carbocycles. The van der Waals surface area contributed by atoms with Gasteiger partial charge < -0.3 is 0 Å². The average molecular weight is 277 g/mol. The smallest absolute Gasteiger partial charge is 0.0837 e. The van der Waals surface area contributed by atoms with E-state index in [2.05, 4.69) is 59.6 Å². The zero-order valence-electron chi connectivity index (χ0n) is 11.1. The van der Waals surface area contributed by atoms with Crippen LogP contribution >= 0.6 is 11.8 Å². The molecule has 0 fully saturated rings. The minimum Gasteiger partial charge on any atom is -0.255 e. The van der Waals surface area contributed by atoms with Crippen LogP contribution in [0.25, 0.3) is 11.3 Å². The lowest BCUT2D eigenvalue weighted by molar-refractivity contribution is 1.24. The molecule has 2 aromatic carbocycles. The highest BCUT2D eigenvalue weighted by molar-refractivity contribution is 7.98. The van der Waals surface area contributed by atoms with E-state index >= 15 is 0 Å². The van der Waals surface area contributed by atoms with Crippen molar-refractivity contribution in [1.82, 2.24) is 4.98 Å². The maximum absolute atomic E-state index is 4.54. The Kier molecular flexibility index (Phi) is 4.14. The zero-order valence-corrected chi connectivity index (χ0v) is 11.9. The molecule has 0 spiro atoms. The van der Waals surface area contributed by atoms with Crippen molar-refractivity contribution in [2.45, 2.75) is 10.6 Å². The minimum atomic E-state index is 0.965. The van der Waals surface area contributed by atoms with E-state index in [-0.39, 0.29) is 0 Å². The molecule has 0 saturated heterocycles. The maximum atomic E-state index is 4.54. The van der Waals surface area contributed by atoms with Crippen LogP contribution in [-0.2, 0) is 5.75 Å². The summed E-state index contributed by atoms with van der Waals surface area (Å²) < 4.78 is 0. The molecular weight excluding hydrogens is 262 g/mol. The van der Waals surface area contributed by atoms with Gasteiger partial charge in [-0.05, 0) is 17.7 Å². The summed E-state index contributed by atoms with van der Waals surface area (Å²) in [6.07, 6.45) is 1.86. The number of rotatable bonds is 4. The lowest BCUT2D eigenvalue weighted by Crippen LogP contribution is -1.87. The molecule has 3 rings (SSSR count). The van der Waals surface area contributed by atoms with E-state index in [0.29, 0.717) is 0 Å². The molecule has 2 heteroatoms. The molecule has 0 bridgehead atoms. The summed E-state index contributed by atoms with van der Waals surface area (Å²) in [5.41, 5.74) is 3.57. The van der Waals surface area contributed by atoms with Crippen molar-refractivity contribution in [2.24, 2.45) is 0 Å². The Bertz CT molecular complexity index is 665. The normalized spacial score (nSPS) is 10.4. The molecule has 1 aromatic heterocycles. The molecule has 0 atom stereocenters. The van der Waals surface area contributed by atoms with E-state index in [0.717, 1.165) is 11.4 Å². The van der Waals surface area contributed by atoms with Crippen molar-refractivity contribution in [3.63, 3.8) is 0 Å². The standard InChI is InChI=1S/C18H15NS/c1-3-8-15(9-4-1)14-20-17-12-7-13-19-18(17)16-10-5-2-6-11-16/h1-13H,14H2. The van der Waals surface area contributed by atoms with Gasteiger partial charge in [-0.3, -0.25) is 4.98 Å². The summed E-state index contributed by atoms with van der Waals surface area (Å²) in [4.78, 5) is 5.76. The van der Waals surface area contributed by atoms with Crippen LogP contribution in [0.1, 0.15) is 5.56 Å². The Morgan fingerprint density at radius 3 is 2.20 bits per heavy atom. The van der Waals surface area contributed by atoms with Crippen LogP contribution in [0.3, 0.4) is 0 Å². The fourth-order valence-corrected chi connectivity index (χ4v) is 3.05. The van der Waals surface area contributed by atoms with Crippen molar-refractivity contribution < 1.29 is 0 Å². The maximum Gasteiger partial charge on any atom is 0.0837 e. The summed E-state index contributed by atoms with van der Waals surface area (Å²) in [7, 11) is 0. The zero-order chi connectivity index (χ0) is 13.6. The molecule has 0 aliphatic heterocycles. The van der Waals surface area contributed by atoms with Crippen LogP contribution < -0.4 is 0 Å². The third-order valence-corrected chi connectivity index (χ3v) is 4.17. The first-order valence-electron chi connectivity index (χ1n) is 6.60. The fraction of sp³-hybridized carbons (Fsp3) is 0.0556. The van der Waals surface area contributed by atoms with Crippen LogP contribution in [-0.4, -0.2) is 4.98 Å². The van der Waals surface area contributed by atoms with Gasteiger partial charge in [-0.2, -0.15) is 0 Å². The quantitative estimate of drug-likeness (QED) is 0.620. The molecule has 1 heterocycles. The van der Waals surface area contributed by atoms with Crippen molar-refractivity contribution in [3.05, 3.63) is 84.6 Å². The number of hydrogen-bond donors (Lipinski definition) is 0. The number of pyridine rings is 1. The van der Waals surface area contributed by atoms with Gasteiger partial charge in [0.05, 0.1) is 5.69 Å². The first-order valence-corrected chi connectivity index (χ1v) is 7.59. The second kappa shape index (κ2) is 6.40. The van der Waals surface area contributed by atoms with Gasteiger partial charge in [0, 0.05) is 22.4 Å². The van der Waals surface area contributed by atoms with Crippen molar-refractivity contribution >= 4 is 11.8 Å². The van der Waals surface area contributed by atoms with Crippen LogP contribution in [0.5, 0.6) is 0 Å². The SMILES string of the molecule is c1ccc(CSc2cccnc2-c2ccccc2)cc1. The molecule has 0 N–H and O–H groups in total. The summed E-state index contributed by atoms with van der Waals surface area (Å²) in [6.45, 7) is 0. The predicted molar refractivity (Wildman–Crippen MR) is 85.7 cm³/mol. The average Bonchev–Trinajstić information content (AvgIpc) is 2.55. The number of nitrogens with zero attached hydrogens (tertiary/aromatic N) is 1. The predicted octanol–water partition coefficient (Wildman–Crippen LogP) is 5.04. The Morgan fingerprint density at radius 1 is 0.750 bits per heavy atom. The summed E-state index contributed by atoms with van der Waals surface area (Å²) in [6, 6.07) is 25.0. The van der Waals surface area contributed by atoms with Gasteiger partial charge >= 0.3 is 0 Å². The second-order valence-electron chi connectivity index (χ2n) is 4.49. The third-order valence-electron chi connectivity index (χ3n) is 3.06. The van der Waals surface area contributed by atoms with Crippen LogP contribution in [0.4, 0.5) is 0 Å². The van der Waals surface area contributed by atoms with Gasteiger partial charge in [0.2, 0.25) is 0 Å². The summed E-state index contributed by atoms with van der Waals surface area (Å²) in [5, 5.41) is 0. The number of benzene rings is 2. The van der Waals surface area contributed by atoms with Gasteiger partial charge in [0.15, 0.2) is 0 Å². The lowest BCUT2D eigenvalue weighted by Gasteiger charge is -2.08. The topological polar surface area (TPSA) is 12.9 Å². The Hall–Kier alpha value is -2.06. The molecule has 0 amide bonds. The largest absolute Gasteiger partial charge is 0.255 e. The van der Waals surface area contributed by atoms with E-state index < -0.39 is 0 Å². The Labute approximate surface area is 123 Å². The number of hydrogen-bond acceptors (Lipinski definition) is 2. The summed E-state index contributed by atoms with van der Waals surface area (Å²) >= 11 is 1.83. The highest BCUT2D eigenvalue weighted by atomic mass is 32.2. The van der Waals surface area contributed by atoms with E-state index in [9.17, 15) is 0 Å². The van der Waals surface area contributed by atoms with Gasteiger partial charge in [0.1, 0.15) is 0 Å². The van der Waals surface area contributed by atoms with E-state index in [1.54, 1.807) is 0 Å². The molecule has 98 valence electrons. The number of aromatic nitrogens is 1. The molecule has 0 unspecified atom stereocenters. The van der Waals surface area contributed by atoms with E-state index in [1.165, 1.54) is 16.0 Å².